The number of nitriles is 1. The van der Waals surface area contributed by atoms with Crippen LogP contribution in [0.2, 0.25) is 0 Å². The van der Waals surface area contributed by atoms with Gasteiger partial charge in [-0.05, 0) is 25.0 Å². The summed E-state index contributed by atoms with van der Waals surface area (Å²) in [5, 5.41) is 14.1. The molecule has 1 aromatic rings. The Labute approximate surface area is 87.9 Å². The highest BCUT2D eigenvalue weighted by Crippen LogP contribution is 2.23. The van der Waals surface area contributed by atoms with Crippen molar-refractivity contribution in [3.05, 3.63) is 24.5 Å². The molecule has 2 rings (SSSR count). The Kier molecular flexibility index (Phi) is 2.79. The number of pyridine rings is 1. The molecule has 1 heterocycles. The van der Waals surface area contributed by atoms with Crippen LogP contribution in [0.4, 0.5) is 5.69 Å². The van der Waals surface area contributed by atoms with Crippen LogP contribution >= 0.6 is 0 Å². The number of nitrogens with one attached hydrogen (secondary N) is 2. The third kappa shape index (κ3) is 2.95. The number of guanidine groups is 1. The van der Waals surface area contributed by atoms with Gasteiger partial charge in [-0.2, -0.15) is 5.26 Å². The van der Waals surface area contributed by atoms with Gasteiger partial charge in [-0.1, -0.05) is 0 Å². The summed E-state index contributed by atoms with van der Waals surface area (Å²) in [7, 11) is 0. The molecule has 0 amide bonds. The first-order valence-corrected chi connectivity index (χ1v) is 4.78. The zero-order valence-corrected chi connectivity index (χ0v) is 8.14. The van der Waals surface area contributed by atoms with Crippen molar-refractivity contribution in [3.63, 3.8) is 0 Å². The van der Waals surface area contributed by atoms with Gasteiger partial charge in [0.15, 0.2) is 6.19 Å². The molecule has 5 heteroatoms. The Bertz CT molecular complexity index is 388. The van der Waals surface area contributed by atoms with E-state index < -0.39 is 0 Å². The fraction of sp³-hybridized carbons (Fsp3) is 0.300. The summed E-state index contributed by atoms with van der Waals surface area (Å²) in [4.78, 5) is 8.28. The SMILES string of the molecule is N#CNC(=NC1CC1)Nc1cccnc1. The lowest BCUT2D eigenvalue weighted by Crippen LogP contribution is -2.27. The molecule has 0 saturated heterocycles. The maximum atomic E-state index is 8.55. The smallest absolute Gasteiger partial charge is 0.209 e. The molecule has 0 aromatic carbocycles. The zero-order valence-electron chi connectivity index (χ0n) is 8.14. The molecule has 5 nitrogen and oxygen atoms in total. The summed E-state index contributed by atoms with van der Waals surface area (Å²) in [5.74, 6) is 0.494. The molecule has 0 unspecified atom stereocenters. The normalized spacial score (nSPS) is 15.5. The summed E-state index contributed by atoms with van der Waals surface area (Å²) in [5.41, 5.74) is 0.819. The topological polar surface area (TPSA) is 73.1 Å². The van der Waals surface area contributed by atoms with E-state index in [9.17, 15) is 0 Å². The predicted octanol–water partition coefficient (Wildman–Crippen LogP) is 1.08. The maximum absolute atomic E-state index is 8.55. The largest absolute Gasteiger partial charge is 0.324 e. The second-order valence-corrected chi connectivity index (χ2v) is 3.31. The first kappa shape index (κ1) is 9.46. The van der Waals surface area contributed by atoms with Crippen molar-refractivity contribution in [3.8, 4) is 6.19 Å². The lowest BCUT2D eigenvalue weighted by Gasteiger charge is -2.06. The number of anilines is 1. The minimum atomic E-state index is 0.366. The Hall–Kier alpha value is -2.09. The van der Waals surface area contributed by atoms with E-state index in [4.69, 9.17) is 5.26 Å². The highest BCUT2D eigenvalue weighted by molar-refractivity contribution is 5.94. The van der Waals surface area contributed by atoms with Gasteiger partial charge in [-0.3, -0.25) is 10.3 Å². The summed E-state index contributed by atoms with van der Waals surface area (Å²) < 4.78 is 0. The molecular formula is C10H11N5. The molecule has 2 N–H and O–H groups in total. The van der Waals surface area contributed by atoms with Crippen LogP contribution in [0.5, 0.6) is 0 Å². The van der Waals surface area contributed by atoms with Gasteiger partial charge < -0.3 is 5.32 Å². The van der Waals surface area contributed by atoms with E-state index in [1.54, 1.807) is 12.4 Å². The van der Waals surface area contributed by atoms with Crippen molar-refractivity contribution in [2.75, 3.05) is 5.32 Å². The van der Waals surface area contributed by atoms with Crippen LogP contribution in [-0.4, -0.2) is 17.0 Å². The van der Waals surface area contributed by atoms with Gasteiger partial charge in [0.05, 0.1) is 17.9 Å². The van der Waals surface area contributed by atoms with Crippen LogP contribution in [0.25, 0.3) is 0 Å². The lowest BCUT2D eigenvalue weighted by molar-refractivity contribution is 1.04. The molecule has 0 atom stereocenters. The average Bonchev–Trinajstić information content (AvgIpc) is 3.03. The molecule has 1 aliphatic rings. The van der Waals surface area contributed by atoms with Crippen LogP contribution in [0.1, 0.15) is 12.8 Å². The van der Waals surface area contributed by atoms with Crippen molar-refractivity contribution in [2.45, 2.75) is 18.9 Å². The van der Waals surface area contributed by atoms with Crippen LogP contribution in [0, 0.1) is 11.5 Å². The van der Waals surface area contributed by atoms with Gasteiger partial charge >= 0.3 is 0 Å². The van der Waals surface area contributed by atoms with Crippen molar-refractivity contribution in [1.29, 1.82) is 5.26 Å². The van der Waals surface area contributed by atoms with Crippen molar-refractivity contribution in [1.82, 2.24) is 10.3 Å². The van der Waals surface area contributed by atoms with Gasteiger partial charge in [-0.15, -0.1) is 0 Å². The second kappa shape index (κ2) is 4.42. The number of aliphatic imine (C=N–C) groups is 1. The quantitative estimate of drug-likeness (QED) is 0.325. The summed E-state index contributed by atoms with van der Waals surface area (Å²) >= 11 is 0. The molecule has 0 aliphatic heterocycles. The highest BCUT2D eigenvalue weighted by Gasteiger charge is 2.21. The Morgan fingerprint density at radius 2 is 2.47 bits per heavy atom. The van der Waals surface area contributed by atoms with Crippen LogP contribution in [0.15, 0.2) is 29.5 Å². The molecule has 1 fully saturated rings. The predicted molar refractivity (Wildman–Crippen MR) is 57.1 cm³/mol. The van der Waals surface area contributed by atoms with Gasteiger partial charge in [0.25, 0.3) is 0 Å². The Morgan fingerprint density at radius 1 is 1.60 bits per heavy atom. The number of hydrogen-bond acceptors (Lipinski definition) is 3. The van der Waals surface area contributed by atoms with E-state index in [1.165, 1.54) is 0 Å². The van der Waals surface area contributed by atoms with E-state index >= 15 is 0 Å². The van der Waals surface area contributed by atoms with Crippen LogP contribution in [-0.2, 0) is 0 Å². The number of nitrogens with zero attached hydrogens (tertiary/aromatic N) is 3. The zero-order chi connectivity index (χ0) is 10.5. The van der Waals surface area contributed by atoms with E-state index in [-0.39, 0.29) is 0 Å². The van der Waals surface area contributed by atoms with E-state index in [0.29, 0.717) is 12.0 Å². The fourth-order valence-corrected chi connectivity index (χ4v) is 1.11. The average molecular weight is 201 g/mol. The maximum Gasteiger partial charge on any atom is 0.209 e. The molecular weight excluding hydrogens is 190 g/mol. The Morgan fingerprint density at radius 3 is 3.07 bits per heavy atom. The van der Waals surface area contributed by atoms with Crippen molar-refractivity contribution in [2.24, 2.45) is 4.99 Å². The summed E-state index contributed by atoms with van der Waals surface area (Å²) in [6.07, 6.45) is 7.44. The van der Waals surface area contributed by atoms with Gasteiger partial charge in [0.2, 0.25) is 5.96 Å². The summed E-state index contributed by atoms with van der Waals surface area (Å²) in [6, 6.07) is 4.06. The van der Waals surface area contributed by atoms with E-state index in [2.05, 4.69) is 20.6 Å². The molecule has 76 valence electrons. The van der Waals surface area contributed by atoms with Gasteiger partial charge in [-0.25, -0.2) is 4.99 Å². The van der Waals surface area contributed by atoms with Crippen LogP contribution in [0.3, 0.4) is 0 Å². The lowest BCUT2D eigenvalue weighted by atomic mass is 10.4. The van der Waals surface area contributed by atoms with Gasteiger partial charge in [0, 0.05) is 6.20 Å². The summed E-state index contributed by atoms with van der Waals surface area (Å²) in [6.45, 7) is 0. The molecule has 15 heavy (non-hydrogen) atoms. The standard InChI is InChI=1S/C10H11N5/c11-7-13-10(14-8-3-4-8)15-9-2-1-5-12-6-9/h1-2,5-6,8H,3-4H2,(H2,13,14,15). The molecule has 0 radical (unpaired) electrons. The first-order valence-electron chi connectivity index (χ1n) is 4.78. The highest BCUT2D eigenvalue weighted by atomic mass is 15.2. The monoisotopic (exact) mass is 201 g/mol. The fourth-order valence-electron chi connectivity index (χ4n) is 1.11. The van der Waals surface area contributed by atoms with E-state index in [1.807, 2.05) is 18.3 Å². The minimum absolute atomic E-state index is 0.366. The Balaban J connectivity index is 2.03. The van der Waals surface area contributed by atoms with Gasteiger partial charge in [0.1, 0.15) is 0 Å². The van der Waals surface area contributed by atoms with Crippen LogP contribution < -0.4 is 10.6 Å². The number of rotatable bonds is 2. The minimum Gasteiger partial charge on any atom is -0.324 e. The third-order valence-electron chi connectivity index (χ3n) is 1.96. The molecule has 0 spiro atoms. The first-order chi connectivity index (χ1) is 7.38. The third-order valence-corrected chi connectivity index (χ3v) is 1.96. The van der Waals surface area contributed by atoms with Crippen molar-refractivity contribution >= 4 is 11.6 Å². The molecule has 0 bridgehead atoms. The van der Waals surface area contributed by atoms with Crippen molar-refractivity contribution < 1.29 is 0 Å². The second-order valence-electron chi connectivity index (χ2n) is 3.31. The van der Waals surface area contributed by atoms with E-state index in [0.717, 1.165) is 18.5 Å². The molecule has 1 saturated carbocycles. The molecule has 1 aliphatic carbocycles. The number of aromatic nitrogens is 1. The molecule has 1 aromatic heterocycles. The number of hydrogen-bond donors (Lipinski definition) is 2.